The Labute approximate surface area is 173 Å². The lowest BCUT2D eigenvalue weighted by molar-refractivity contribution is -0.895. The Morgan fingerprint density at radius 3 is 2.39 bits per heavy atom. The molecule has 0 spiro atoms. The molecular weight excluding hydrogens is 444 g/mol. The summed E-state index contributed by atoms with van der Waals surface area (Å²) in [4.78, 5) is 13.4. The molecule has 0 saturated carbocycles. The highest BCUT2D eigenvalue weighted by Gasteiger charge is 2.31. The summed E-state index contributed by atoms with van der Waals surface area (Å²) in [7, 11) is -3.50. The van der Waals surface area contributed by atoms with Crippen LogP contribution >= 0.6 is 15.9 Å². The van der Waals surface area contributed by atoms with Gasteiger partial charge in [-0.1, -0.05) is 46.3 Å². The zero-order chi connectivity index (χ0) is 20.0. The molecule has 9 heteroatoms. The number of rotatable bonds is 6. The second-order valence-electron chi connectivity index (χ2n) is 6.49. The standard InChI is InChI=1S/C19H21BrN4O3S/c20-17-6-8-18(9-7-17)28(26,27)24-12-10-23(11-13-24)15-19(25)22-21-14-16-4-2-1-3-5-16/h1-9,14H,10-13,15H2,(H,22,25)/p+1/b21-14+. The number of sulfonamides is 1. The Morgan fingerprint density at radius 2 is 1.75 bits per heavy atom. The summed E-state index contributed by atoms with van der Waals surface area (Å²) >= 11 is 3.31. The number of halogens is 1. The molecule has 2 aromatic carbocycles. The lowest BCUT2D eigenvalue weighted by atomic mass is 10.2. The summed E-state index contributed by atoms with van der Waals surface area (Å²) in [5, 5.41) is 3.96. The molecule has 0 radical (unpaired) electrons. The fourth-order valence-corrected chi connectivity index (χ4v) is 4.67. The van der Waals surface area contributed by atoms with E-state index in [-0.39, 0.29) is 17.3 Å². The van der Waals surface area contributed by atoms with Crippen molar-refractivity contribution in [3.63, 3.8) is 0 Å². The molecule has 0 bridgehead atoms. The number of piperazine rings is 1. The van der Waals surface area contributed by atoms with Crippen LogP contribution in [0.2, 0.25) is 0 Å². The van der Waals surface area contributed by atoms with E-state index in [0.29, 0.717) is 26.2 Å². The molecular formula is C19H22BrN4O3S+. The molecule has 0 aliphatic carbocycles. The molecule has 0 aromatic heterocycles. The summed E-state index contributed by atoms with van der Waals surface area (Å²) < 4.78 is 27.7. The van der Waals surface area contributed by atoms with Gasteiger partial charge in [0.15, 0.2) is 6.54 Å². The van der Waals surface area contributed by atoms with Crippen molar-refractivity contribution in [2.24, 2.45) is 5.10 Å². The van der Waals surface area contributed by atoms with Gasteiger partial charge in [-0.3, -0.25) is 4.79 Å². The number of nitrogens with zero attached hydrogens (tertiary/aromatic N) is 2. The topological polar surface area (TPSA) is 83.3 Å². The van der Waals surface area contributed by atoms with E-state index in [1.165, 1.54) is 4.31 Å². The first-order valence-corrected chi connectivity index (χ1v) is 11.1. The van der Waals surface area contributed by atoms with Gasteiger partial charge in [-0.25, -0.2) is 13.8 Å². The third kappa shape index (κ3) is 5.48. The first-order valence-electron chi connectivity index (χ1n) is 8.91. The van der Waals surface area contributed by atoms with E-state index in [9.17, 15) is 13.2 Å². The van der Waals surface area contributed by atoms with Crippen LogP contribution < -0.4 is 10.3 Å². The van der Waals surface area contributed by atoms with Gasteiger partial charge in [0.05, 0.1) is 37.3 Å². The third-order valence-corrected chi connectivity index (χ3v) is 6.94. The normalized spacial score (nSPS) is 16.3. The molecule has 148 valence electrons. The monoisotopic (exact) mass is 465 g/mol. The van der Waals surface area contributed by atoms with Crippen LogP contribution in [0.15, 0.2) is 69.1 Å². The van der Waals surface area contributed by atoms with Crippen LogP contribution in [0.5, 0.6) is 0 Å². The highest BCUT2D eigenvalue weighted by atomic mass is 79.9. The van der Waals surface area contributed by atoms with Crippen molar-refractivity contribution < 1.29 is 18.1 Å². The fraction of sp³-hybridized carbons (Fsp3) is 0.263. The summed E-state index contributed by atoms with van der Waals surface area (Å²) in [6.45, 7) is 2.18. The van der Waals surface area contributed by atoms with Crippen molar-refractivity contribution in [2.45, 2.75) is 4.90 Å². The molecule has 1 heterocycles. The molecule has 1 aliphatic heterocycles. The van der Waals surface area contributed by atoms with Gasteiger partial charge in [0.25, 0.3) is 5.91 Å². The third-order valence-electron chi connectivity index (χ3n) is 4.49. The van der Waals surface area contributed by atoms with Crippen LogP contribution in [-0.4, -0.2) is 57.6 Å². The zero-order valence-corrected chi connectivity index (χ0v) is 17.6. The van der Waals surface area contributed by atoms with Gasteiger partial charge in [-0.15, -0.1) is 0 Å². The molecule has 28 heavy (non-hydrogen) atoms. The van der Waals surface area contributed by atoms with Crippen molar-refractivity contribution in [3.05, 3.63) is 64.6 Å². The van der Waals surface area contributed by atoms with Gasteiger partial charge in [0.2, 0.25) is 10.0 Å². The van der Waals surface area contributed by atoms with E-state index in [0.717, 1.165) is 14.9 Å². The van der Waals surface area contributed by atoms with Crippen LogP contribution in [0, 0.1) is 0 Å². The SMILES string of the molecule is O=C(C[NH+]1CCN(S(=O)(=O)c2ccc(Br)cc2)CC1)N/N=C/c1ccccc1. The largest absolute Gasteiger partial charge is 0.325 e. The Bertz CT molecular complexity index is 925. The smallest absolute Gasteiger partial charge is 0.295 e. The van der Waals surface area contributed by atoms with Crippen molar-refractivity contribution >= 4 is 38.1 Å². The van der Waals surface area contributed by atoms with Crippen LogP contribution in [0.25, 0.3) is 0 Å². The number of nitrogens with one attached hydrogen (secondary N) is 2. The first-order chi connectivity index (χ1) is 13.4. The Morgan fingerprint density at radius 1 is 1.11 bits per heavy atom. The highest BCUT2D eigenvalue weighted by Crippen LogP contribution is 2.18. The second-order valence-corrected chi connectivity index (χ2v) is 9.34. The zero-order valence-electron chi connectivity index (χ0n) is 15.2. The predicted molar refractivity (Wildman–Crippen MR) is 111 cm³/mol. The average Bonchev–Trinajstić information content (AvgIpc) is 2.69. The summed E-state index contributed by atoms with van der Waals surface area (Å²) in [5.41, 5.74) is 3.43. The van der Waals surface area contributed by atoms with Crippen molar-refractivity contribution in [3.8, 4) is 0 Å². The number of hydrogen-bond donors (Lipinski definition) is 2. The number of carbonyl (C=O) groups excluding carboxylic acids is 1. The minimum Gasteiger partial charge on any atom is -0.325 e. The maximum absolute atomic E-state index is 12.7. The Hall–Kier alpha value is -2.07. The van der Waals surface area contributed by atoms with Gasteiger partial charge in [-0.05, 0) is 29.8 Å². The van der Waals surface area contributed by atoms with Crippen molar-refractivity contribution in [1.82, 2.24) is 9.73 Å². The van der Waals surface area contributed by atoms with E-state index < -0.39 is 10.0 Å². The minimum atomic E-state index is -3.50. The molecule has 3 rings (SSSR count). The highest BCUT2D eigenvalue weighted by molar-refractivity contribution is 9.10. The Kier molecular flexibility index (Phi) is 6.95. The van der Waals surface area contributed by atoms with Crippen LogP contribution in [0.3, 0.4) is 0 Å². The van der Waals surface area contributed by atoms with E-state index >= 15 is 0 Å². The molecule has 0 unspecified atom stereocenters. The molecule has 2 aromatic rings. The quantitative estimate of drug-likeness (QED) is 0.480. The molecule has 1 amide bonds. The second kappa shape index (κ2) is 9.42. The summed E-state index contributed by atoms with van der Waals surface area (Å²) in [5.74, 6) is -0.189. The average molecular weight is 466 g/mol. The first kappa shape index (κ1) is 20.7. The van der Waals surface area contributed by atoms with E-state index in [4.69, 9.17) is 0 Å². The number of quaternary nitrogens is 1. The molecule has 0 atom stereocenters. The predicted octanol–water partition coefficient (Wildman–Crippen LogP) is 0.489. The maximum Gasteiger partial charge on any atom is 0.295 e. The fourth-order valence-electron chi connectivity index (χ4n) is 2.96. The number of benzene rings is 2. The summed E-state index contributed by atoms with van der Waals surface area (Å²) in [6.07, 6.45) is 1.59. The molecule has 1 fully saturated rings. The molecule has 1 aliphatic rings. The van der Waals surface area contributed by atoms with Gasteiger partial charge >= 0.3 is 0 Å². The molecule has 2 N–H and O–H groups in total. The maximum atomic E-state index is 12.7. The van der Waals surface area contributed by atoms with Gasteiger partial charge in [-0.2, -0.15) is 9.41 Å². The number of carbonyl (C=O) groups is 1. The van der Waals surface area contributed by atoms with E-state index in [1.54, 1.807) is 30.5 Å². The van der Waals surface area contributed by atoms with Crippen LogP contribution in [0.4, 0.5) is 0 Å². The molecule has 1 saturated heterocycles. The van der Waals surface area contributed by atoms with Gasteiger partial charge in [0, 0.05) is 4.47 Å². The van der Waals surface area contributed by atoms with E-state index in [2.05, 4.69) is 26.5 Å². The lowest BCUT2D eigenvalue weighted by Crippen LogP contribution is -3.15. The molecule has 7 nitrogen and oxygen atoms in total. The summed E-state index contributed by atoms with van der Waals surface area (Å²) in [6, 6.07) is 16.1. The van der Waals surface area contributed by atoms with Crippen LogP contribution in [0.1, 0.15) is 5.56 Å². The van der Waals surface area contributed by atoms with Crippen molar-refractivity contribution in [1.29, 1.82) is 0 Å². The lowest BCUT2D eigenvalue weighted by Gasteiger charge is -2.31. The number of amides is 1. The van der Waals surface area contributed by atoms with Crippen LogP contribution in [-0.2, 0) is 14.8 Å². The Balaban J connectivity index is 1.48. The van der Waals surface area contributed by atoms with Gasteiger partial charge < -0.3 is 4.90 Å². The van der Waals surface area contributed by atoms with Crippen molar-refractivity contribution in [2.75, 3.05) is 32.7 Å². The minimum absolute atomic E-state index is 0.189. The van der Waals surface area contributed by atoms with E-state index in [1.807, 2.05) is 30.3 Å². The number of hydrogen-bond acceptors (Lipinski definition) is 4. The van der Waals surface area contributed by atoms with Gasteiger partial charge in [0.1, 0.15) is 0 Å². The number of hydrazone groups is 1.